The quantitative estimate of drug-likeness (QED) is 0.419. The Hall–Kier alpha value is -0.530. The average molecular weight is 199 g/mol. The van der Waals surface area contributed by atoms with Crippen LogP contribution in [0.25, 0.3) is 0 Å². The summed E-state index contributed by atoms with van der Waals surface area (Å²) in [4.78, 5) is 11.0. The molecule has 0 atom stereocenters. The molecule has 0 unspecified atom stereocenters. The molecule has 0 aromatic heterocycles. The molecule has 0 spiro atoms. The summed E-state index contributed by atoms with van der Waals surface area (Å²) in [5, 5.41) is 0. The lowest BCUT2D eigenvalue weighted by molar-refractivity contribution is -0.143. The average Bonchev–Trinajstić information content (AvgIpc) is 2.20. The molecule has 0 bridgehead atoms. The number of carbonyl (C=O) groups excluding carboxylic acids is 1. The van der Waals surface area contributed by atoms with Crippen molar-refractivity contribution in [3.8, 4) is 0 Å². The molecule has 0 aliphatic rings. The van der Waals surface area contributed by atoms with Crippen LogP contribution in [0, 0.1) is 6.92 Å². The van der Waals surface area contributed by atoms with E-state index in [1.54, 1.807) is 0 Å². The van der Waals surface area contributed by atoms with Crippen LogP contribution >= 0.6 is 0 Å². The third kappa shape index (κ3) is 9.56. The van der Waals surface area contributed by atoms with Crippen molar-refractivity contribution in [3.05, 3.63) is 6.92 Å². The van der Waals surface area contributed by atoms with Crippen molar-refractivity contribution in [1.29, 1.82) is 0 Å². The van der Waals surface area contributed by atoms with Gasteiger partial charge in [-0.2, -0.15) is 0 Å². The number of ether oxygens (including phenoxy) is 1. The molecular formula is C12H23O2. The fourth-order valence-corrected chi connectivity index (χ4v) is 1.31. The first kappa shape index (κ1) is 13.5. The molecule has 0 fully saturated rings. The maximum atomic E-state index is 11.0. The Kier molecular flexibility index (Phi) is 10.2. The number of rotatable bonds is 9. The van der Waals surface area contributed by atoms with Gasteiger partial charge in [-0.3, -0.25) is 4.79 Å². The first-order valence-electron chi connectivity index (χ1n) is 5.76. The van der Waals surface area contributed by atoms with Crippen LogP contribution in [0.15, 0.2) is 0 Å². The van der Waals surface area contributed by atoms with Crippen LogP contribution in [-0.2, 0) is 9.53 Å². The second kappa shape index (κ2) is 10.6. The molecule has 1 radical (unpaired) electrons. The number of hydrogen-bond acceptors (Lipinski definition) is 2. The molecule has 0 heterocycles. The van der Waals surface area contributed by atoms with Crippen LogP contribution in [0.1, 0.15) is 58.3 Å². The Morgan fingerprint density at radius 3 is 2.43 bits per heavy atom. The summed E-state index contributed by atoms with van der Waals surface area (Å²) in [5.41, 5.74) is 0. The van der Waals surface area contributed by atoms with Crippen molar-refractivity contribution >= 4 is 5.97 Å². The molecule has 14 heavy (non-hydrogen) atoms. The Morgan fingerprint density at radius 2 is 1.79 bits per heavy atom. The third-order valence-electron chi connectivity index (χ3n) is 2.14. The van der Waals surface area contributed by atoms with Gasteiger partial charge in [0.05, 0.1) is 6.61 Å². The van der Waals surface area contributed by atoms with Gasteiger partial charge >= 0.3 is 5.97 Å². The van der Waals surface area contributed by atoms with E-state index in [-0.39, 0.29) is 5.97 Å². The molecule has 2 nitrogen and oxygen atoms in total. The molecule has 0 N–H and O–H groups in total. The zero-order valence-electron chi connectivity index (χ0n) is 9.39. The maximum absolute atomic E-state index is 11.0. The van der Waals surface area contributed by atoms with Crippen molar-refractivity contribution in [2.45, 2.75) is 58.3 Å². The summed E-state index contributed by atoms with van der Waals surface area (Å²) in [7, 11) is 0. The first-order chi connectivity index (χ1) is 6.81. The molecule has 2 heteroatoms. The number of unbranched alkanes of at least 4 members (excludes halogenated alkanes) is 5. The second-order valence-corrected chi connectivity index (χ2v) is 3.59. The molecule has 83 valence electrons. The SMILES string of the molecule is [CH2]CCOC(=O)CCCCCCCC. The number of esters is 1. The smallest absolute Gasteiger partial charge is 0.305 e. The molecule has 0 rings (SSSR count). The fraction of sp³-hybridized carbons (Fsp3) is 0.833. The summed E-state index contributed by atoms with van der Waals surface area (Å²) < 4.78 is 4.92. The molecule has 0 aliphatic heterocycles. The lowest BCUT2D eigenvalue weighted by Gasteiger charge is -2.02. The standard InChI is InChI=1S/C12H23O2/c1-3-5-6-7-8-9-10-12(13)14-11-4-2/h2-11H2,1H3. The van der Waals surface area contributed by atoms with Crippen LogP contribution in [0.3, 0.4) is 0 Å². The Bertz CT molecular complexity index is 132. The highest BCUT2D eigenvalue weighted by Crippen LogP contribution is 2.07. The van der Waals surface area contributed by atoms with Crippen LogP contribution in [-0.4, -0.2) is 12.6 Å². The molecule has 0 aliphatic carbocycles. The molecule has 0 aromatic carbocycles. The van der Waals surface area contributed by atoms with E-state index in [1.165, 1.54) is 25.7 Å². The predicted molar refractivity (Wildman–Crippen MR) is 58.9 cm³/mol. The van der Waals surface area contributed by atoms with Crippen LogP contribution in [0.5, 0.6) is 0 Å². The van der Waals surface area contributed by atoms with Crippen molar-refractivity contribution in [2.75, 3.05) is 6.61 Å². The van der Waals surface area contributed by atoms with E-state index in [2.05, 4.69) is 13.8 Å². The van der Waals surface area contributed by atoms with Gasteiger partial charge in [0.25, 0.3) is 0 Å². The molecule has 0 amide bonds. The van der Waals surface area contributed by atoms with Gasteiger partial charge in [0.2, 0.25) is 0 Å². The summed E-state index contributed by atoms with van der Waals surface area (Å²) in [6.07, 6.45) is 8.49. The van der Waals surface area contributed by atoms with Crippen LogP contribution in [0.4, 0.5) is 0 Å². The van der Waals surface area contributed by atoms with Gasteiger partial charge in [-0.1, -0.05) is 39.0 Å². The molecule has 0 saturated carbocycles. The normalized spacial score (nSPS) is 10.1. The molecule has 0 aromatic rings. The van der Waals surface area contributed by atoms with Crippen molar-refractivity contribution in [3.63, 3.8) is 0 Å². The van der Waals surface area contributed by atoms with Crippen molar-refractivity contribution in [2.24, 2.45) is 0 Å². The minimum absolute atomic E-state index is 0.0656. The van der Waals surface area contributed by atoms with Crippen molar-refractivity contribution in [1.82, 2.24) is 0 Å². The van der Waals surface area contributed by atoms with E-state index < -0.39 is 0 Å². The number of carbonyl (C=O) groups is 1. The summed E-state index contributed by atoms with van der Waals surface area (Å²) in [5.74, 6) is -0.0656. The van der Waals surface area contributed by atoms with E-state index in [9.17, 15) is 4.79 Å². The Morgan fingerprint density at radius 1 is 1.14 bits per heavy atom. The van der Waals surface area contributed by atoms with E-state index in [0.29, 0.717) is 19.4 Å². The lowest BCUT2D eigenvalue weighted by Crippen LogP contribution is -2.04. The van der Waals surface area contributed by atoms with Crippen LogP contribution in [0.2, 0.25) is 0 Å². The van der Waals surface area contributed by atoms with Gasteiger partial charge in [0, 0.05) is 6.42 Å². The summed E-state index contributed by atoms with van der Waals surface area (Å²) in [6, 6.07) is 0. The zero-order chi connectivity index (χ0) is 10.6. The van der Waals surface area contributed by atoms with Gasteiger partial charge in [0.15, 0.2) is 0 Å². The van der Waals surface area contributed by atoms with Gasteiger partial charge in [-0.15, -0.1) is 0 Å². The molecular weight excluding hydrogens is 176 g/mol. The highest BCUT2D eigenvalue weighted by molar-refractivity contribution is 5.69. The largest absolute Gasteiger partial charge is 0.466 e. The lowest BCUT2D eigenvalue weighted by atomic mass is 10.1. The topological polar surface area (TPSA) is 26.3 Å². The maximum Gasteiger partial charge on any atom is 0.305 e. The third-order valence-corrected chi connectivity index (χ3v) is 2.14. The molecule has 0 saturated heterocycles. The number of hydrogen-bond donors (Lipinski definition) is 0. The Balaban J connectivity index is 3.07. The van der Waals surface area contributed by atoms with Crippen molar-refractivity contribution < 1.29 is 9.53 Å². The van der Waals surface area contributed by atoms with Gasteiger partial charge in [0.1, 0.15) is 0 Å². The summed E-state index contributed by atoms with van der Waals surface area (Å²) >= 11 is 0. The van der Waals surface area contributed by atoms with E-state index in [0.717, 1.165) is 12.8 Å². The van der Waals surface area contributed by atoms with E-state index in [4.69, 9.17) is 4.74 Å². The highest BCUT2D eigenvalue weighted by atomic mass is 16.5. The predicted octanol–water partition coefficient (Wildman–Crippen LogP) is 3.50. The second-order valence-electron chi connectivity index (χ2n) is 3.59. The zero-order valence-corrected chi connectivity index (χ0v) is 9.39. The summed E-state index contributed by atoms with van der Waals surface area (Å²) in [6.45, 7) is 6.28. The van der Waals surface area contributed by atoms with Crippen LogP contribution < -0.4 is 0 Å². The van der Waals surface area contributed by atoms with E-state index >= 15 is 0 Å². The highest BCUT2D eigenvalue weighted by Gasteiger charge is 2.00. The fourth-order valence-electron chi connectivity index (χ4n) is 1.31. The van der Waals surface area contributed by atoms with Gasteiger partial charge in [-0.25, -0.2) is 0 Å². The van der Waals surface area contributed by atoms with Gasteiger partial charge in [-0.05, 0) is 19.8 Å². The minimum atomic E-state index is -0.0656. The first-order valence-corrected chi connectivity index (χ1v) is 5.76. The van der Waals surface area contributed by atoms with E-state index in [1.807, 2.05) is 0 Å². The Labute approximate surface area is 88.0 Å². The van der Waals surface area contributed by atoms with Gasteiger partial charge < -0.3 is 4.74 Å². The monoisotopic (exact) mass is 199 g/mol. The minimum Gasteiger partial charge on any atom is -0.466 e.